The van der Waals surface area contributed by atoms with E-state index in [0.717, 1.165) is 5.56 Å². The van der Waals surface area contributed by atoms with Crippen LogP contribution in [-0.4, -0.2) is 18.7 Å². The molecular formula is C11H12ClNO. The Morgan fingerprint density at radius 1 is 1.43 bits per heavy atom. The third-order valence-corrected chi connectivity index (χ3v) is 1.89. The minimum atomic E-state index is 0.344. The van der Waals surface area contributed by atoms with Crippen molar-refractivity contribution >= 4 is 23.4 Å². The Morgan fingerprint density at radius 2 is 2.14 bits per heavy atom. The third-order valence-electron chi connectivity index (χ3n) is 1.61. The maximum Gasteiger partial charge on any atom is 0.106 e. The molecule has 0 aliphatic carbocycles. The standard InChI is InChI=1S/C11H12ClNO/c1-14-13-11(9-12)8-7-10-5-3-2-4-6-10/h2-8H,9H2,1H3/b8-7+,13-11-. The molecule has 0 N–H and O–H groups in total. The summed E-state index contributed by atoms with van der Waals surface area (Å²) in [6, 6.07) is 9.95. The molecule has 1 rings (SSSR count). The first-order chi connectivity index (χ1) is 6.86. The molecular weight excluding hydrogens is 198 g/mol. The average molecular weight is 210 g/mol. The molecule has 3 heteroatoms. The van der Waals surface area contributed by atoms with E-state index < -0.39 is 0 Å². The summed E-state index contributed by atoms with van der Waals surface area (Å²) < 4.78 is 0. The van der Waals surface area contributed by atoms with Crippen molar-refractivity contribution < 1.29 is 4.84 Å². The van der Waals surface area contributed by atoms with Crippen molar-refractivity contribution in [3.63, 3.8) is 0 Å². The fourth-order valence-corrected chi connectivity index (χ4v) is 1.11. The first-order valence-electron chi connectivity index (χ1n) is 4.26. The lowest BCUT2D eigenvalue weighted by Gasteiger charge is -1.94. The van der Waals surface area contributed by atoms with Crippen molar-refractivity contribution in [2.75, 3.05) is 13.0 Å². The Kier molecular flexibility index (Phi) is 4.79. The molecule has 0 amide bonds. The van der Waals surface area contributed by atoms with Crippen molar-refractivity contribution in [2.24, 2.45) is 5.16 Å². The maximum absolute atomic E-state index is 5.65. The van der Waals surface area contributed by atoms with Gasteiger partial charge in [-0.05, 0) is 11.6 Å². The molecule has 0 bridgehead atoms. The fraction of sp³-hybridized carbons (Fsp3) is 0.182. The van der Waals surface area contributed by atoms with E-state index in [1.807, 2.05) is 42.5 Å². The van der Waals surface area contributed by atoms with Gasteiger partial charge in [0.05, 0.1) is 11.6 Å². The molecule has 2 nitrogen and oxygen atoms in total. The Morgan fingerprint density at radius 3 is 2.71 bits per heavy atom. The molecule has 0 aromatic heterocycles. The Hall–Kier alpha value is -1.28. The van der Waals surface area contributed by atoms with Crippen LogP contribution in [0.15, 0.2) is 41.6 Å². The highest BCUT2D eigenvalue weighted by Crippen LogP contribution is 2.01. The average Bonchev–Trinajstić information content (AvgIpc) is 2.25. The number of halogens is 1. The molecule has 1 aromatic rings. The number of benzene rings is 1. The van der Waals surface area contributed by atoms with Gasteiger partial charge in [-0.1, -0.05) is 41.6 Å². The van der Waals surface area contributed by atoms with Gasteiger partial charge in [-0.15, -0.1) is 11.6 Å². The summed E-state index contributed by atoms with van der Waals surface area (Å²) in [6.07, 6.45) is 3.78. The van der Waals surface area contributed by atoms with Crippen molar-refractivity contribution in [3.05, 3.63) is 42.0 Å². The highest BCUT2D eigenvalue weighted by molar-refractivity contribution is 6.30. The smallest absolute Gasteiger partial charge is 0.106 e. The van der Waals surface area contributed by atoms with Gasteiger partial charge in [0, 0.05) is 0 Å². The minimum absolute atomic E-state index is 0.344. The quantitative estimate of drug-likeness (QED) is 0.425. The SMILES string of the molecule is CO/N=C(/C=C/c1ccccc1)CCl. The fourth-order valence-electron chi connectivity index (χ4n) is 0.973. The summed E-state index contributed by atoms with van der Waals surface area (Å²) in [7, 11) is 1.50. The van der Waals surface area contributed by atoms with Crippen LogP contribution in [-0.2, 0) is 4.84 Å². The van der Waals surface area contributed by atoms with Crippen molar-refractivity contribution in [1.29, 1.82) is 0 Å². The molecule has 0 heterocycles. The third kappa shape index (κ3) is 3.62. The lowest BCUT2D eigenvalue weighted by atomic mass is 10.2. The van der Waals surface area contributed by atoms with Crippen molar-refractivity contribution in [1.82, 2.24) is 0 Å². The Labute approximate surface area is 88.8 Å². The summed E-state index contributed by atoms with van der Waals surface area (Å²) in [5.74, 6) is 0.344. The zero-order valence-electron chi connectivity index (χ0n) is 7.98. The molecule has 0 saturated carbocycles. The van der Waals surface area contributed by atoms with Crippen LogP contribution < -0.4 is 0 Å². The van der Waals surface area contributed by atoms with Crippen LogP contribution >= 0.6 is 11.6 Å². The lowest BCUT2D eigenvalue weighted by Crippen LogP contribution is -1.95. The minimum Gasteiger partial charge on any atom is -0.399 e. The monoisotopic (exact) mass is 209 g/mol. The summed E-state index contributed by atoms with van der Waals surface area (Å²) in [5, 5.41) is 3.76. The van der Waals surface area contributed by atoms with Gasteiger partial charge in [-0.25, -0.2) is 0 Å². The zero-order valence-corrected chi connectivity index (χ0v) is 8.74. The largest absolute Gasteiger partial charge is 0.399 e. The van der Waals surface area contributed by atoms with Gasteiger partial charge in [0.1, 0.15) is 7.11 Å². The molecule has 0 aliphatic rings. The van der Waals surface area contributed by atoms with Gasteiger partial charge < -0.3 is 4.84 Å². The van der Waals surface area contributed by atoms with E-state index in [1.54, 1.807) is 0 Å². The summed E-state index contributed by atoms with van der Waals surface area (Å²) in [5.41, 5.74) is 1.82. The molecule has 74 valence electrons. The molecule has 0 atom stereocenters. The van der Waals surface area contributed by atoms with Gasteiger partial charge in [0.15, 0.2) is 0 Å². The highest BCUT2D eigenvalue weighted by Gasteiger charge is 1.91. The number of allylic oxidation sites excluding steroid dienone is 1. The molecule has 0 saturated heterocycles. The number of rotatable bonds is 4. The first kappa shape index (κ1) is 10.8. The first-order valence-corrected chi connectivity index (χ1v) is 4.79. The second-order valence-corrected chi connectivity index (χ2v) is 2.91. The number of nitrogens with zero attached hydrogens (tertiary/aromatic N) is 1. The van der Waals surface area contributed by atoms with Crippen molar-refractivity contribution in [2.45, 2.75) is 0 Å². The predicted molar refractivity (Wildman–Crippen MR) is 60.6 cm³/mol. The highest BCUT2D eigenvalue weighted by atomic mass is 35.5. The van der Waals surface area contributed by atoms with Crippen molar-refractivity contribution in [3.8, 4) is 0 Å². The summed E-state index contributed by atoms with van der Waals surface area (Å²) in [6.45, 7) is 0. The predicted octanol–water partition coefficient (Wildman–Crippen LogP) is 2.94. The van der Waals surface area contributed by atoms with Gasteiger partial charge in [-0.3, -0.25) is 0 Å². The van der Waals surface area contributed by atoms with E-state index in [1.165, 1.54) is 7.11 Å². The molecule has 1 aromatic carbocycles. The molecule has 14 heavy (non-hydrogen) atoms. The van der Waals surface area contributed by atoms with Gasteiger partial charge in [-0.2, -0.15) is 0 Å². The van der Waals surface area contributed by atoms with E-state index in [0.29, 0.717) is 11.6 Å². The number of hydrogen-bond donors (Lipinski definition) is 0. The Bertz CT molecular complexity index is 319. The summed E-state index contributed by atoms with van der Waals surface area (Å²) >= 11 is 5.65. The van der Waals surface area contributed by atoms with Crippen LogP contribution in [0.5, 0.6) is 0 Å². The van der Waals surface area contributed by atoms with Gasteiger partial charge in [0.2, 0.25) is 0 Å². The van der Waals surface area contributed by atoms with Crippen LogP contribution in [0.3, 0.4) is 0 Å². The van der Waals surface area contributed by atoms with Crippen LogP contribution in [0.1, 0.15) is 5.56 Å². The van der Waals surface area contributed by atoms with Gasteiger partial charge in [0.25, 0.3) is 0 Å². The van der Waals surface area contributed by atoms with Crippen LogP contribution in [0.4, 0.5) is 0 Å². The number of oxime groups is 1. The second-order valence-electron chi connectivity index (χ2n) is 2.64. The molecule has 0 aliphatic heterocycles. The van der Waals surface area contributed by atoms with Crippen LogP contribution in [0, 0.1) is 0 Å². The Balaban J connectivity index is 2.68. The molecule has 0 spiro atoms. The van der Waals surface area contributed by atoms with E-state index in [-0.39, 0.29) is 0 Å². The van der Waals surface area contributed by atoms with Crippen LogP contribution in [0.2, 0.25) is 0 Å². The maximum atomic E-state index is 5.65. The number of hydrogen-bond acceptors (Lipinski definition) is 2. The summed E-state index contributed by atoms with van der Waals surface area (Å²) in [4.78, 5) is 4.64. The lowest BCUT2D eigenvalue weighted by molar-refractivity contribution is 0.213. The van der Waals surface area contributed by atoms with E-state index >= 15 is 0 Å². The van der Waals surface area contributed by atoms with Crippen LogP contribution in [0.25, 0.3) is 6.08 Å². The van der Waals surface area contributed by atoms with E-state index in [9.17, 15) is 0 Å². The van der Waals surface area contributed by atoms with E-state index in [2.05, 4.69) is 9.99 Å². The normalized spacial score (nSPS) is 12.0. The zero-order chi connectivity index (χ0) is 10.2. The molecule has 0 radical (unpaired) electrons. The second kappa shape index (κ2) is 6.22. The molecule has 0 unspecified atom stereocenters. The molecule has 0 fully saturated rings. The number of alkyl halides is 1. The topological polar surface area (TPSA) is 21.6 Å². The van der Waals surface area contributed by atoms with Gasteiger partial charge >= 0.3 is 0 Å². The van der Waals surface area contributed by atoms with E-state index in [4.69, 9.17) is 11.6 Å².